The minimum atomic E-state index is -0.363. The fraction of sp³-hybridized carbons (Fsp3) is 0.273. The highest BCUT2D eigenvalue weighted by Crippen LogP contribution is 2.12. The summed E-state index contributed by atoms with van der Waals surface area (Å²) in [6.07, 6.45) is 1.64. The standard InChI is InChI=1S/C11H13IO/c1-8(9(2)13)6-10-4-3-5-11(12)7-10/h3-7,9,13H,1-2H3/b8-6+. The van der Waals surface area contributed by atoms with Gasteiger partial charge in [0.15, 0.2) is 0 Å². The van der Waals surface area contributed by atoms with Crippen molar-refractivity contribution in [2.75, 3.05) is 0 Å². The van der Waals surface area contributed by atoms with Crippen molar-refractivity contribution in [2.24, 2.45) is 0 Å². The minimum absolute atomic E-state index is 0.363. The zero-order valence-corrected chi connectivity index (χ0v) is 9.95. The van der Waals surface area contributed by atoms with Crippen LogP contribution in [0, 0.1) is 3.57 Å². The third kappa shape index (κ3) is 3.48. The maximum Gasteiger partial charge on any atom is 0.0722 e. The van der Waals surface area contributed by atoms with E-state index >= 15 is 0 Å². The van der Waals surface area contributed by atoms with Crippen LogP contribution < -0.4 is 0 Å². The Morgan fingerprint density at radius 2 is 2.23 bits per heavy atom. The molecule has 1 unspecified atom stereocenters. The van der Waals surface area contributed by atoms with Crippen molar-refractivity contribution < 1.29 is 5.11 Å². The van der Waals surface area contributed by atoms with Gasteiger partial charge in [-0.15, -0.1) is 0 Å². The van der Waals surface area contributed by atoms with Gasteiger partial charge < -0.3 is 5.11 Å². The van der Waals surface area contributed by atoms with E-state index in [9.17, 15) is 5.11 Å². The van der Waals surface area contributed by atoms with Crippen LogP contribution in [0.2, 0.25) is 0 Å². The van der Waals surface area contributed by atoms with E-state index in [-0.39, 0.29) is 6.10 Å². The molecule has 0 spiro atoms. The number of aliphatic hydroxyl groups excluding tert-OH is 1. The van der Waals surface area contributed by atoms with E-state index < -0.39 is 0 Å². The molecule has 0 bridgehead atoms. The van der Waals surface area contributed by atoms with Gasteiger partial charge in [-0.25, -0.2) is 0 Å². The lowest BCUT2D eigenvalue weighted by atomic mass is 10.1. The van der Waals surface area contributed by atoms with Gasteiger partial charge in [0.05, 0.1) is 6.10 Å². The van der Waals surface area contributed by atoms with Gasteiger partial charge in [-0.3, -0.25) is 0 Å². The molecule has 0 saturated carbocycles. The second-order valence-electron chi connectivity index (χ2n) is 3.12. The lowest BCUT2D eigenvalue weighted by molar-refractivity contribution is 0.232. The molecular weight excluding hydrogens is 275 g/mol. The van der Waals surface area contributed by atoms with Gasteiger partial charge in [0, 0.05) is 3.57 Å². The van der Waals surface area contributed by atoms with Crippen LogP contribution in [0.1, 0.15) is 19.4 Å². The molecule has 13 heavy (non-hydrogen) atoms. The van der Waals surface area contributed by atoms with E-state index in [1.165, 1.54) is 3.57 Å². The Bertz CT molecular complexity index is 316. The molecule has 1 aromatic carbocycles. The summed E-state index contributed by atoms with van der Waals surface area (Å²) in [5, 5.41) is 9.28. The van der Waals surface area contributed by atoms with Crippen LogP contribution in [0.25, 0.3) is 6.08 Å². The second kappa shape index (κ2) is 4.77. The highest BCUT2D eigenvalue weighted by Gasteiger charge is 1.97. The molecule has 0 aliphatic rings. The molecule has 1 nitrogen and oxygen atoms in total. The lowest BCUT2D eigenvalue weighted by Gasteiger charge is -2.04. The Kier molecular flexibility index (Phi) is 3.93. The summed E-state index contributed by atoms with van der Waals surface area (Å²) in [6, 6.07) is 8.19. The Morgan fingerprint density at radius 3 is 2.77 bits per heavy atom. The van der Waals surface area contributed by atoms with E-state index in [0.717, 1.165) is 11.1 Å². The average Bonchev–Trinajstić information content (AvgIpc) is 2.04. The Hall–Kier alpha value is -0.350. The summed E-state index contributed by atoms with van der Waals surface area (Å²) in [4.78, 5) is 0. The first-order chi connectivity index (χ1) is 6.09. The van der Waals surface area contributed by atoms with Gasteiger partial charge in [-0.05, 0) is 59.7 Å². The maximum absolute atomic E-state index is 9.28. The number of halogens is 1. The predicted octanol–water partition coefficient (Wildman–Crippen LogP) is 3.08. The Balaban J connectivity index is 2.91. The quantitative estimate of drug-likeness (QED) is 0.829. The molecule has 0 radical (unpaired) electrons. The molecule has 0 aliphatic carbocycles. The highest BCUT2D eigenvalue weighted by molar-refractivity contribution is 14.1. The van der Waals surface area contributed by atoms with Crippen LogP contribution in [-0.4, -0.2) is 11.2 Å². The molecule has 0 fully saturated rings. The lowest BCUT2D eigenvalue weighted by Crippen LogP contribution is -2.00. The van der Waals surface area contributed by atoms with Crippen LogP contribution in [-0.2, 0) is 0 Å². The molecule has 0 heterocycles. The van der Waals surface area contributed by atoms with E-state index in [1.54, 1.807) is 6.92 Å². The molecule has 1 N–H and O–H groups in total. The van der Waals surface area contributed by atoms with Crippen molar-refractivity contribution in [2.45, 2.75) is 20.0 Å². The molecule has 2 heteroatoms. The third-order valence-corrected chi connectivity index (χ3v) is 2.57. The molecule has 70 valence electrons. The number of benzene rings is 1. The van der Waals surface area contributed by atoms with E-state index in [1.807, 2.05) is 25.1 Å². The molecule has 1 aromatic rings. The van der Waals surface area contributed by atoms with Crippen molar-refractivity contribution in [3.05, 3.63) is 39.0 Å². The molecule has 0 aromatic heterocycles. The van der Waals surface area contributed by atoms with Crippen molar-refractivity contribution in [1.29, 1.82) is 0 Å². The van der Waals surface area contributed by atoms with Crippen LogP contribution in [0.3, 0.4) is 0 Å². The minimum Gasteiger partial charge on any atom is -0.389 e. The van der Waals surface area contributed by atoms with Gasteiger partial charge in [-0.1, -0.05) is 18.2 Å². The Morgan fingerprint density at radius 1 is 1.54 bits per heavy atom. The maximum atomic E-state index is 9.28. The number of hydrogen-bond acceptors (Lipinski definition) is 1. The van der Waals surface area contributed by atoms with Crippen LogP contribution in [0.4, 0.5) is 0 Å². The van der Waals surface area contributed by atoms with Crippen molar-refractivity contribution >= 4 is 28.7 Å². The molecule has 0 aliphatic heterocycles. The van der Waals surface area contributed by atoms with Crippen LogP contribution >= 0.6 is 22.6 Å². The van der Waals surface area contributed by atoms with Gasteiger partial charge in [0.2, 0.25) is 0 Å². The van der Waals surface area contributed by atoms with E-state index in [4.69, 9.17) is 0 Å². The van der Waals surface area contributed by atoms with Gasteiger partial charge in [0.25, 0.3) is 0 Å². The van der Waals surface area contributed by atoms with Crippen LogP contribution in [0.15, 0.2) is 29.8 Å². The summed E-state index contributed by atoms with van der Waals surface area (Å²) in [7, 11) is 0. The molecule has 1 rings (SSSR count). The monoisotopic (exact) mass is 288 g/mol. The Labute approximate surface area is 92.6 Å². The van der Waals surface area contributed by atoms with Gasteiger partial charge in [-0.2, -0.15) is 0 Å². The first-order valence-electron chi connectivity index (χ1n) is 4.21. The number of rotatable bonds is 2. The third-order valence-electron chi connectivity index (χ3n) is 1.90. The zero-order valence-electron chi connectivity index (χ0n) is 7.79. The number of aliphatic hydroxyl groups is 1. The average molecular weight is 288 g/mol. The molecule has 0 saturated heterocycles. The molecular formula is C11H13IO. The van der Waals surface area contributed by atoms with E-state index in [0.29, 0.717) is 0 Å². The van der Waals surface area contributed by atoms with Gasteiger partial charge >= 0.3 is 0 Å². The first-order valence-corrected chi connectivity index (χ1v) is 5.29. The van der Waals surface area contributed by atoms with Gasteiger partial charge in [0.1, 0.15) is 0 Å². The topological polar surface area (TPSA) is 20.2 Å². The highest BCUT2D eigenvalue weighted by atomic mass is 127. The zero-order chi connectivity index (χ0) is 9.84. The van der Waals surface area contributed by atoms with Crippen molar-refractivity contribution in [3.63, 3.8) is 0 Å². The summed E-state index contributed by atoms with van der Waals surface area (Å²) < 4.78 is 1.21. The molecule has 1 atom stereocenters. The smallest absolute Gasteiger partial charge is 0.0722 e. The molecule has 0 amide bonds. The summed E-state index contributed by atoms with van der Waals surface area (Å²) in [5.41, 5.74) is 2.13. The van der Waals surface area contributed by atoms with Crippen molar-refractivity contribution in [1.82, 2.24) is 0 Å². The van der Waals surface area contributed by atoms with Crippen LogP contribution in [0.5, 0.6) is 0 Å². The summed E-state index contributed by atoms with van der Waals surface area (Å²) in [6.45, 7) is 3.71. The first kappa shape index (κ1) is 10.7. The number of hydrogen-bond donors (Lipinski definition) is 1. The van der Waals surface area contributed by atoms with Crippen molar-refractivity contribution in [3.8, 4) is 0 Å². The van der Waals surface area contributed by atoms with E-state index in [2.05, 4.69) is 34.7 Å². The normalized spacial score (nSPS) is 14.3. The second-order valence-corrected chi connectivity index (χ2v) is 4.36. The summed E-state index contributed by atoms with van der Waals surface area (Å²) in [5.74, 6) is 0. The fourth-order valence-electron chi connectivity index (χ4n) is 0.980. The largest absolute Gasteiger partial charge is 0.389 e. The predicted molar refractivity (Wildman–Crippen MR) is 64.5 cm³/mol. The summed E-state index contributed by atoms with van der Waals surface area (Å²) >= 11 is 2.28. The SMILES string of the molecule is C/C(=C\c1cccc(I)c1)C(C)O. The fourth-order valence-corrected chi connectivity index (χ4v) is 1.55.